The molecule has 0 spiro atoms. The molecule has 0 radical (unpaired) electrons. The number of anilines is 1. The van der Waals surface area contributed by atoms with E-state index >= 15 is 0 Å². The van der Waals surface area contributed by atoms with Gasteiger partial charge >= 0.3 is 0 Å². The standard InChI is InChI=1S/C12H15N3/c1-8-4-11(9(2)12(13)5-8)10-6-14-15(3)7-10/h4-7H,13H2,1-3H3. The molecule has 0 fully saturated rings. The molecule has 0 saturated heterocycles. The van der Waals surface area contributed by atoms with Crippen molar-refractivity contribution in [2.45, 2.75) is 13.8 Å². The summed E-state index contributed by atoms with van der Waals surface area (Å²) in [4.78, 5) is 0. The van der Waals surface area contributed by atoms with Gasteiger partial charge in [0, 0.05) is 24.5 Å². The van der Waals surface area contributed by atoms with Crippen LogP contribution in [0.3, 0.4) is 0 Å². The minimum atomic E-state index is 0.842. The Kier molecular flexibility index (Phi) is 2.23. The number of aromatic nitrogens is 2. The van der Waals surface area contributed by atoms with Gasteiger partial charge in [-0.15, -0.1) is 0 Å². The van der Waals surface area contributed by atoms with Gasteiger partial charge in [0.05, 0.1) is 6.20 Å². The normalized spacial score (nSPS) is 10.6. The molecule has 3 heteroatoms. The molecule has 3 nitrogen and oxygen atoms in total. The SMILES string of the molecule is Cc1cc(N)c(C)c(-c2cnn(C)c2)c1. The van der Waals surface area contributed by atoms with Gasteiger partial charge in [-0.25, -0.2) is 0 Å². The van der Waals surface area contributed by atoms with E-state index in [0.717, 1.165) is 16.8 Å². The number of hydrogen-bond acceptors (Lipinski definition) is 2. The lowest BCUT2D eigenvalue weighted by molar-refractivity contribution is 0.768. The average molecular weight is 201 g/mol. The van der Waals surface area contributed by atoms with Crippen LogP contribution in [-0.4, -0.2) is 9.78 Å². The molecule has 0 aliphatic heterocycles. The van der Waals surface area contributed by atoms with Crippen LogP contribution in [0.1, 0.15) is 11.1 Å². The molecule has 2 N–H and O–H groups in total. The van der Waals surface area contributed by atoms with E-state index in [1.165, 1.54) is 11.1 Å². The molecule has 2 aromatic rings. The second kappa shape index (κ2) is 3.42. The maximum Gasteiger partial charge on any atom is 0.0568 e. The van der Waals surface area contributed by atoms with Crippen LogP contribution < -0.4 is 5.73 Å². The van der Waals surface area contributed by atoms with Crippen molar-refractivity contribution in [3.05, 3.63) is 35.7 Å². The number of hydrogen-bond donors (Lipinski definition) is 1. The minimum absolute atomic E-state index is 0.842. The highest BCUT2D eigenvalue weighted by molar-refractivity contribution is 5.72. The molecule has 0 atom stereocenters. The molecule has 0 saturated carbocycles. The second-order valence-corrected chi connectivity index (χ2v) is 3.93. The van der Waals surface area contributed by atoms with E-state index in [1.807, 2.05) is 32.4 Å². The van der Waals surface area contributed by atoms with Crippen molar-refractivity contribution in [3.8, 4) is 11.1 Å². The smallest absolute Gasteiger partial charge is 0.0568 e. The maximum absolute atomic E-state index is 5.94. The molecule has 1 aromatic heterocycles. The summed E-state index contributed by atoms with van der Waals surface area (Å²) < 4.78 is 1.80. The summed E-state index contributed by atoms with van der Waals surface area (Å²) in [5.41, 5.74) is 11.4. The molecule has 0 aliphatic rings. The Balaban J connectivity index is 2.62. The molecule has 0 aliphatic carbocycles. The number of rotatable bonds is 1. The quantitative estimate of drug-likeness (QED) is 0.719. The first-order valence-electron chi connectivity index (χ1n) is 4.93. The van der Waals surface area contributed by atoms with Gasteiger partial charge in [0.25, 0.3) is 0 Å². The molecule has 1 aromatic carbocycles. The third-order valence-electron chi connectivity index (χ3n) is 2.61. The predicted octanol–water partition coefficient (Wildman–Crippen LogP) is 2.29. The number of benzene rings is 1. The van der Waals surface area contributed by atoms with Crippen molar-refractivity contribution < 1.29 is 0 Å². The van der Waals surface area contributed by atoms with Crippen molar-refractivity contribution in [1.82, 2.24) is 9.78 Å². The second-order valence-electron chi connectivity index (χ2n) is 3.93. The van der Waals surface area contributed by atoms with Gasteiger partial charge in [-0.1, -0.05) is 6.07 Å². The number of nitrogens with zero attached hydrogens (tertiary/aromatic N) is 2. The zero-order valence-corrected chi connectivity index (χ0v) is 9.28. The molecular weight excluding hydrogens is 186 g/mol. The van der Waals surface area contributed by atoms with Crippen molar-refractivity contribution in [2.24, 2.45) is 7.05 Å². The van der Waals surface area contributed by atoms with Gasteiger partial charge in [-0.3, -0.25) is 4.68 Å². The van der Waals surface area contributed by atoms with E-state index in [9.17, 15) is 0 Å². The zero-order valence-electron chi connectivity index (χ0n) is 9.28. The molecule has 0 unspecified atom stereocenters. The topological polar surface area (TPSA) is 43.8 Å². The molecular formula is C12H15N3. The first kappa shape index (κ1) is 9.77. The Labute approximate surface area is 89.5 Å². The summed E-state index contributed by atoms with van der Waals surface area (Å²) in [6.07, 6.45) is 3.86. The molecule has 1 heterocycles. The number of nitrogen functional groups attached to an aromatic ring is 1. The van der Waals surface area contributed by atoms with Gasteiger partial charge in [0.15, 0.2) is 0 Å². The van der Waals surface area contributed by atoms with E-state index in [0.29, 0.717) is 0 Å². The highest BCUT2D eigenvalue weighted by Gasteiger charge is 2.07. The van der Waals surface area contributed by atoms with E-state index in [4.69, 9.17) is 5.73 Å². The summed E-state index contributed by atoms with van der Waals surface area (Å²) in [5.74, 6) is 0. The Bertz CT molecular complexity index is 498. The first-order valence-corrected chi connectivity index (χ1v) is 4.93. The Morgan fingerprint density at radius 1 is 1.27 bits per heavy atom. The van der Waals surface area contributed by atoms with Crippen LogP contribution in [-0.2, 0) is 7.05 Å². The van der Waals surface area contributed by atoms with Crippen LogP contribution in [0.2, 0.25) is 0 Å². The largest absolute Gasteiger partial charge is 0.398 e. The zero-order chi connectivity index (χ0) is 11.0. The number of nitrogens with two attached hydrogens (primary N) is 1. The Morgan fingerprint density at radius 3 is 2.60 bits per heavy atom. The van der Waals surface area contributed by atoms with E-state index in [2.05, 4.69) is 18.1 Å². The first-order chi connectivity index (χ1) is 7.08. The monoisotopic (exact) mass is 201 g/mol. The van der Waals surface area contributed by atoms with E-state index < -0.39 is 0 Å². The lowest BCUT2D eigenvalue weighted by Gasteiger charge is -2.08. The van der Waals surface area contributed by atoms with Crippen LogP contribution >= 0.6 is 0 Å². The van der Waals surface area contributed by atoms with Crippen molar-refractivity contribution in [3.63, 3.8) is 0 Å². The maximum atomic E-state index is 5.94. The van der Waals surface area contributed by atoms with Crippen LogP contribution in [0, 0.1) is 13.8 Å². The van der Waals surface area contributed by atoms with Gasteiger partial charge in [-0.2, -0.15) is 5.10 Å². The summed E-state index contributed by atoms with van der Waals surface area (Å²) in [5, 5.41) is 4.17. The minimum Gasteiger partial charge on any atom is -0.398 e. The fraction of sp³-hybridized carbons (Fsp3) is 0.250. The van der Waals surface area contributed by atoms with Crippen molar-refractivity contribution >= 4 is 5.69 Å². The lowest BCUT2D eigenvalue weighted by atomic mass is 9.99. The summed E-state index contributed by atoms with van der Waals surface area (Å²) in [6, 6.07) is 4.14. The van der Waals surface area contributed by atoms with E-state index in [1.54, 1.807) is 4.68 Å². The summed E-state index contributed by atoms with van der Waals surface area (Å²) in [6.45, 7) is 4.09. The third kappa shape index (κ3) is 1.73. The Morgan fingerprint density at radius 2 is 2.00 bits per heavy atom. The van der Waals surface area contributed by atoms with Crippen molar-refractivity contribution in [1.29, 1.82) is 0 Å². The highest BCUT2D eigenvalue weighted by atomic mass is 15.2. The highest BCUT2D eigenvalue weighted by Crippen LogP contribution is 2.28. The van der Waals surface area contributed by atoms with Gasteiger partial charge in [-0.05, 0) is 36.6 Å². The third-order valence-corrected chi connectivity index (χ3v) is 2.61. The summed E-state index contributed by atoms with van der Waals surface area (Å²) in [7, 11) is 1.91. The lowest BCUT2D eigenvalue weighted by Crippen LogP contribution is -1.93. The van der Waals surface area contributed by atoms with E-state index in [-0.39, 0.29) is 0 Å². The summed E-state index contributed by atoms with van der Waals surface area (Å²) >= 11 is 0. The molecule has 0 bridgehead atoms. The average Bonchev–Trinajstić information content (AvgIpc) is 2.58. The van der Waals surface area contributed by atoms with Crippen LogP contribution in [0.25, 0.3) is 11.1 Å². The molecule has 0 amide bonds. The molecule has 2 rings (SSSR count). The molecule has 15 heavy (non-hydrogen) atoms. The van der Waals surface area contributed by atoms with Crippen LogP contribution in [0.4, 0.5) is 5.69 Å². The Hall–Kier alpha value is -1.77. The number of aryl methyl sites for hydroxylation is 2. The fourth-order valence-electron chi connectivity index (χ4n) is 1.75. The molecule has 78 valence electrons. The predicted molar refractivity (Wildman–Crippen MR) is 62.5 cm³/mol. The van der Waals surface area contributed by atoms with Crippen LogP contribution in [0.5, 0.6) is 0 Å². The van der Waals surface area contributed by atoms with Crippen LogP contribution in [0.15, 0.2) is 24.5 Å². The van der Waals surface area contributed by atoms with Crippen molar-refractivity contribution in [2.75, 3.05) is 5.73 Å². The van der Waals surface area contributed by atoms with Gasteiger partial charge in [0.2, 0.25) is 0 Å². The van der Waals surface area contributed by atoms with Gasteiger partial charge < -0.3 is 5.73 Å². The van der Waals surface area contributed by atoms with Gasteiger partial charge in [0.1, 0.15) is 0 Å². The fourth-order valence-corrected chi connectivity index (χ4v) is 1.75.